The van der Waals surface area contributed by atoms with E-state index in [2.05, 4.69) is 10.9 Å². The maximum absolute atomic E-state index is 10.3. The molecule has 0 fully saturated rings. The standard InChI is InChI=1S/C12H13NO2.CH4N2/c1-9-2-4-10(5-3-9)12-8-11(6-7-14)15-13-12;2-1-3/h2-5,7,11H,6,8H2,1H3;1H,(H3,2,3). The molecule has 0 spiro atoms. The average molecular weight is 247 g/mol. The highest BCUT2D eigenvalue weighted by Crippen LogP contribution is 2.18. The summed E-state index contributed by atoms with van der Waals surface area (Å²) in [7, 11) is 0. The van der Waals surface area contributed by atoms with Crippen molar-refractivity contribution in [2.24, 2.45) is 10.9 Å². The number of carbonyl (C=O) groups excluding carboxylic acids is 1. The lowest BCUT2D eigenvalue weighted by molar-refractivity contribution is -0.110. The molecule has 1 aromatic carbocycles. The van der Waals surface area contributed by atoms with Gasteiger partial charge in [-0.3, -0.25) is 5.41 Å². The number of rotatable bonds is 3. The number of aldehydes is 1. The number of nitrogens with two attached hydrogens (primary N) is 1. The molecule has 0 radical (unpaired) electrons. The lowest BCUT2D eigenvalue weighted by atomic mass is 10.0. The van der Waals surface area contributed by atoms with E-state index < -0.39 is 0 Å². The maximum Gasteiger partial charge on any atom is 0.139 e. The van der Waals surface area contributed by atoms with Gasteiger partial charge >= 0.3 is 0 Å². The molecule has 1 aromatic rings. The molecule has 1 heterocycles. The first-order chi connectivity index (χ1) is 8.71. The van der Waals surface area contributed by atoms with Gasteiger partial charge in [0.1, 0.15) is 12.4 Å². The normalized spacial score (nSPS) is 16.9. The molecule has 1 atom stereocenters. The summed E-state index contributed by atoms with van der Waals surface area (Å²) in [5.41, 5.74) is 7.62. The van der Waals surface area contributed by atoms with E-state index in [0.29, 0.717) is 6.42 Å². The van der Waals surface area contributed by atoms with Crippen molar-refractivity contribution in [1.82, 2.24) is 0 Å². The molecule has 5 heteroatoms. The molecule has 0 saturated heterocycles. The molecule has 1 aliphatic rings. The Hall–Kier alpha value is -2.17. The summed E-state index contributed by atoms with van der Waals surface area (Å²) in [5, 5.41) is 9.85. The first-order valence-electron chi connectivity index (χ1n) is 5.65. The largest absolute Gasteiger partial charge is 0.391 e. The fourth-order valence-electron chi connectivity index (χ4n) is 1.58. The fourth-order valence-corrected chi connectivity index (χ4v) is 1.58. The minimum absolute atomic E-state index is 0.0706. The molecule has 96 valence electrons. The third-order valence-corrected chi connectivity index (χ3v) is 2.48. The van der Waals surface area contributed by atoms with Crippen molar-refractivity contribution in [2.75, 3.05) is 0 Å². The molecule has 18 heavy (non-hydrogen) atoms. The monoisotopic (exact) mass is 247 g/mol. The average Bonchev–Trinajstić information content (AvgIpc) is 2.80. The zero-order valence-electron chi connectivity index (χ0n) is 10.3. The number of nitrogens with one attached hydrogen (secondary N) is 1. The van der Waals surface area contributed by atoms with Gasteiger partial charge in [0.15, 0.2) is 0 Å². The van der Waals surface area contributed by atoms with Crippen molar-refractivity contribution in [3.63, 3.8) is 0 Å². The lowest BCUT2D eigenvalue weighted by Crippen LogP contribution is -2.08. The lowest BCUT2D eigenvalue weighted by Gasteiger charge is -2.01. The molecular weight excluding hydrogens is 230 g/mol. The highest BCUT2D eigenvalue weighted by molar-refractivity contribution is 6.01. The van der Waals surface area contributed by atoms with Crippen molar-refractivity contribution < 1.29 is 9.63 Å². The summed E-state index contributed by atoms with van der Waals surface area (Å²) in [5.74, 6) is 0. The SMILES string of the molecule is Cc1ccc(C2=NOC(CC=O)C2)cc1.N=CN. The van der Waals surface area contributed by atoms with Gasteiger partial charge < -0.3 is 15.4 Å². The van der Waals surface area contributed by atoms with Gasteiger partial charge in [-0.05, 0) is 12.5 Å². The zero-order chi connectivity index (χ0) is 13.4. The zero-order valence-corrected chi connectivity index (χ0v) is 10.3. The van der Waals surface area contributed by atoms with E-state index in [9.17, 15) is 4.79 Å². The number of carbonyl (C=O) groups is 1. The van der Waals surface area contributed by atoms with Gasteiger partial charge in [0.05, 0.1) is 12.1 Å². The van der Waals surface area contributed by atoms with E-state index in [0.717, 1.165) is 30.3 Å². The van der Waals surface area contributed by atoms with Gasteiger partial charge in [-0.2, -0.15) is 0 Å². The summed E-state index contributed by atoms with van der Waals surface area (Å²) >= 11 is 0. The quantitative estimate of drug-likeness (QED) is 0.483. The van der Waals surface area contributed by atoms with Crippen molar-refractivity contribution in [3.8, 4) is 0 Å². The summed E-state index contributed by atoms with van der Waals surface area (Å²) in [6.45, 7) is 2.05. The highest BCUT2D eigenvalue weighted by Gasteiger charge is 2.21. The third kappa shape index (κ3) is 4.01. The van der Waals surface area contributed by atoms with Crippen molar-refractivity contribution in [3.05, 3.63) is 35.4 Å². The summed E-state index contributed by atoms with van der Waals surface area (Å²) in [6, 6.07) is 8.15. The van der Waals surface area contributed by atoms with Crippen LogP contribution in [0.2, 0.25) is 0 Å². The molecule has 0 aliphatic carbocycles. The predicted molar refractivity (Wildman–Crippen MR) is 70.9 cm³/mol. The van der Waals surface area contributed by atoms with E-state index >= 15 is 0 Å². The Balaban J connectivity index is 0.000000492. The van der Waals surface area contributed by atoms with Crippen LogP contribution in [0.4, 0.5) is 0 Å². The summed E-state index contributed by atoms with van der Waals surface area (Å²) in [4.78, 5) is 15.5. The second-order valence-corrected chi connectivity index (χ2v) is 3.90. The van der Waals surface area contributed by atoms with Crippen LogP contribution in [-0.4, -0.2) is 24.4 Å². The van der Waals surface area contributed by atoms with Crippen LogP contribution in [0.25, 0.3) is 0 Å². The van der Waals surface area contributed by atoms with Gasteiger partial charge in [-0.1, -0.05) is 35.0 Å². The van der Waals surface area contributed by atoms with Crippen molar-refractivity contribution in [2.45, 2.75) is 25.9 Å². The Bertz CT molecular complexity index is 426. The second kappa shape index (κ2) is 7.21. The van der Waals surface area contributed by atoms with Gasteiger partial charge in [-0.15, -0.1) is 0 Å². The van der Waals surface area contributed by atoms with Crippen LogP contribution in [0.1, 0.15) is 24.0 Å². The molecule has 3 N–H and O–H groups in total. The Morgan fingerprint density at radius 3 is 2.67 bits per heavy atom. The first kappa shape index (κ1) is 13.9. The van der Waals surface area contributed by atoms with Gasteiger partial charge in [-0.25, -0.2) is 0 Å². The molecule has 5 nitrogen and oxygen atoms in total. The van der Waals surface area contributed by atoms with Crippen molar-refractivity contribution >= 4 is 18.3 Å². The number of benzene rings is 1. The molecule has 0 amide bonds. The summed E-state index contributed by atoms with van der Waals surface area (Å²) < 4.78 is 0. The first-order valence-corrected chi connectivity index (χ1v) is 5.65. The molecule has 0 saturated carbocycles. The smallest absolute Gasteiger partial charge is 0.139 e. The van der Waals surface area contributed by atoms with Gasteiger partial charge in [0.2, 0.25) is 0 Å². The minimum atomic E-state index is -0.0706. The Morgan fingerprint density at radius 2 is 2.11 bits per heavy atom. The van der Waals surface area contributed by atoms with E-state index in [4.69, 9.17) is 10.2 Å². The molecule has 0 bridgehead atoms. The number of oxime groups is 1. The fraction of sp³-hybridized carbons (Fsp3) is 0.308. The minimum Gasteiger partial charge on any atom is -0.391 e. The number of hydrogen-bond acceptors (Lipinski definition) is 4. The number of nitrogens with zero attached hydrogens (tertiary/aromatic N) is 1. The van der Waals surface area contributed by atoms with Crippen LogP contribution < -0.4 is 5.73 Å². The predicted octanol–water partition coefficient (Wildman–Crippen LogP) is 1.63. The van der Waals surface area contributed by atoms with Crippen LogP contribution >= 0.6 is 0 Å². The van der Waals surface area contributed by atoms with Crippen LogP contribution in [0.15, 0.2) is 29.4 Å². The van der Waals surface area contributed by atoms with E-state index in [1.54, 1.807) is 0 Å². The molecule has 0 aromatic heterocycles. The van der Waals surface area contributed by atoms with Crippen LogP contribution in [0, 0.1) is 12.3 Å². The molecule has 1 unspecified atom stereocenters. The Morgan fingerprint density at radius 1 is 1.50 bits per heavy atom. The Labute approximate surface area is 106 Å². The maximum atomic E-state index is 10.3. The number of aryl methyl sites for hydroxylation is 1. The van der Waals surface area contributed by atoms with E-state index in [-0.39, 0.29) is 6.10 Å². The van der Waals surface area contributed by atoms with Gasteiger partial charge in [0, 0.05) is 12.8 Å². The summed E-state index contributed by atoms with van der Waals surface area (Å²) in [6.07, 6.45) is 2.69. The second-order valence-electron chi connectivity index (χ2n) is 3.90. The Kier molecular flexibility index (Phi) is 5.57. The topological polar surface area (TPSA) is 88.5 Å². The van der Waals surface area contributed by atoms with E-state index in [1.807, 2.05) is 31.2 Å². The van der Waals surface area contributed by atoms with Crippen LogP contribution in [-0.2, 0) is 9.63 Å². The van der Waals surface area contributed by atoms with E-state index in [1.165, 1.54) is 5.56 Å². The van der Waals surface area contributed by atoms with Crippen LogP contribution in [0.3, 0.4) is 0 Å². The van der Waals surface area contributed by atoms with Crippen LogP contribution in [0.5, 0.6) is 0 Å². The molecular formula is C13H17N3O2. The number of hydrogen-bond donors (Lipinski definition) is 2. The van der Waals surface area contributed by atoms with Gasteiger partial charge in [0.25, 0.3) is 0 Å². The molecule has 2 rings (SSSR count). The van der Waals surface area contributed by atoms with Crippen molar-refractivity contribution in [1.29, 1.82) is 5.41 Å². The highest BCUT2D eigenvalue weighted by atomic mass is 16.6. The third-order valence-electron chi connectivity index (χ3n) is 2.48. The molecule has 1 aliphatic heterocycles.